The molecule has 0 aromatic rings. The van der Waals surface area contributed by atoms with Gasteiger partial charge >= 0.3 is 0 Å². The molecule has 2 aliphatic rings. The summed E-state index contributed by atoms with van der Waals surface area (Å²) < 4.78 is 23.3. The van der Waals surface area contributed by atoms with Gasteiger partial charge < -0.3 is 5.73 Å². The quantitative estimate of drug-likeness (QED) is 0.780. The van der Waals surface area contributed by atoms with Crippen LogP contribution in [0.25, 0.3) is 0 Å². The van der Waals surface area contributed by atoms with E-state index < -0.39 is 14.6 Å². The normalized spacial score (nSPS) is 36.1. The SMILES string of the molecule is CC1(C)C(C2(CN)CCC2)CCS1(=O)=O. The van der Waals surface area contributed by atoms with Gasteiger partial charge in [0.05, 0.1) is 10.5 Å². The van der Waals surface area contributed by atoms with Crippen molar-refractivity contribution in [3.63, 3.8) is 0 Å². The van der Waals surface area contributed by atoms with Crippen LogP contribution >= 0.6 is 0 Å². The van der Waals surface area contributed by atoms with Crippen molar-refractivity contribution in [2.75, 3.05) is 12.3 Å². The third-order valence-corrected chi connectivity index (χ3v) is 7.47. The Bertz CT molecular complexity index is 349. The van der Waals surface area contributed by atoms with E-state index in [0.717, 1.165) is 19.3 Å². The average Bonchev–Trinajstić information content (AvgIpc) is 2.26. The molecule has 1 heterocycles. The standard InChI is InChI=1S/C11H21NO2S/c1-10(2)9(4-7-15(10,13)14)11(8-12)5-3-6-11/h9H,3-8,12H2,1-2H3. The molecule has 4 heteroatoms. The van der Waals surface area contributed by atoms with Crippen LogP contribution in [0.4, 0.5) is 0 Å². The highest BCUT2D eigenvalue weighted by Crippen LogP contribution is 2.56. The topological polar surface area (TPSA) is 60.2 Å². The van der Waals surface area contributed by atoms with E-state index in [-0.39, 0.29) is 11.3 Å². The molecule has 2 fully saturated rings. The van der Waals surface area contributed by atoms with E-state index >= 15 is 0 Å². The summed E-state index contributed by atoms with van der Waals surface area (Å²) in [6.45, 7) is 4.42. The number of rotatable bonds is 2. The van der Waals surface area contributed by atoms with Gasteiger partial charge in [0.15, 0.2) is 9.84 Å². The minimum absolute atomic E-state index is 0.132. The zero-order valence-corrected chi connectivity index (χ0v) is 10.4. The van der Waals surface area contributed by atoms with Crippen LogP contribution in [0.2, 0.25) is 0 Å². The molecule has 0 radical (unpaired) electrons. The van der Waals surface area contributed by atoms with E-state index in [1.54, 1.807) is 0 Å². The Morgan fingerprint density at radius 3 is 2.20 bits per heavy atom. The van der Waals surface area contributed by atoms with Gasteiger partial charge in [0, 0.05) is 0 Å². The lowest BCUT2D eigenvalue weighted by atomic mass is 9.57. The number of nitrogens with two attached hydrogens (primary N) is 1. The number of hydrogen-bond donors (Lipinski definition) is 1. The van der Waals surface area contributed by atoms with Gasteiger partial charge in [-0.25, -0.2) is 8.42 Å². The van der Waals surface area contributed by atoms with Crippen LogP contribution in [0.3, 0.4) is 0 Å². The van der Waals surface area contributed by atoms with Crippen LogP contribution in [0.15, 0.2) is 0 Å². The van der Waals surface area contributed by atoms with E-state index in [1.165, 1.54) is 6.42 Å². The summed E-state index contributed by atoms with van der Waals surface area (Å²) in [6.07, 6.45) is 4.26. The van der Waals surface area contributed by atoms with Gasteiger partial charge in [-0.2, -0.15) is 0 Å². The summed E-state index contributed by atoms with van der Waals surface area (Å²) in [7, 11) is -2.90. The van der Waals surface area contributed by atoms with Gasteiger partial charge in [0.2, 0.25) is 0 Å². The maximum absolute atomic E-state index is 12.0. The zero-order chi connectivity index (χ0) is 11.3. The second-order valence-electron chi connectivity index (χ2n) is 5.68. The Morgan fingerprint density at radius 2 is 1.93 bits per heavy atom. The molecule has 0 amide bonds. The Balaban J connectivity index is 2.33. The van der Waals surface area contributed by atoms with Gasteiger partial charge in [-0.3, -0.25) is 0 Å². The van der Waals surface area contributed by atoms with Crippen molar-refractivity contribution in [1.29, 1.82) is 0 Å². The molecule has 1 saturated heterocycles. The first-order chi connectivity index (χ1) is 6.86. The van der Waals surface area contributed by atoms with Gasteiger partial charge in [-0.05, 0) is 51.0 Å². The largest absolute Gasteiger partial charge is 0.330 e. The Kier molecular flexibility index (Phi) is 2.43. The second-order valence-corrected chi connectivity index (χ2v) is 8.37. The van der Waals surface area contributed by atoms with Crippen LogP contribution in [0.1, 0.15) is 39.5 Å². The molecule has 2 rings (SSSR count). The monoisotopic (exact) mass is 231 g/mol. The number of sulfone groups is 1. The lowest BCUT2D eigenvalue weighted by Gasteiger charge is -2.50. The minimum Gasteiger partial charge on any atom is -0.330 e. The Morgan fingerprint density at radius 1 is 1.33 bits per heavy atom. The van der Waals surface area contributed by atoms with Gasteiger partial charge in [-0.15, -0.1) is 0 Å². The summed E-state index contributed by atoms with van der Waals surface area (Å²) in [6, 6.07) is 0. The van der Waals surface area contributed by atoms with Crippen LogP contribution in [-0.4, -0.2) is 25.5 Å². The maximum Gasteiger partial charge on any atom is 0.155 e. The molecule has 0 aromatic heterocycles. The fourth-order valence-corrected chi connectivity index (χ4v) is 5.34. The minimum atomic E-state index is -2.90. The molecule has 0 aromatic carbocycles. The fourth-order valence-electron chi connectivity index (χ4n) is 3.47. The highest BCUT2D eigenvalue weighted by molar-refractivity contribution is 7.93. The molecule has 2 N–H and O–H groups in total. The zero-order valence-electron chi connectivity index (χ0n) is 9.62. The summed E-state index contributed by atoms with van der Waals surface area (Å²) in [5.74, 6) is 0.626. The van der Waals surface area contributed by atoms with E-state index in [1.807, 2.05) is 13.8 Å². The summed E-state index contributed by atoms with van der Waals surface area (Å²) in [5.41, 5.74) is 6.00. The van der Waals surface area contributed by atoms with E-state index in [9.17, 15) is 8.42 Å². The first kappa shape index (κ1) is 11.4. The van der Waals surface area contributed by atoms with Crippen molar-refractivity contribution in [3.8, 4) is 0 Å². The molecule has 3 nitrogen and oxygen atoms in total. The molecule has 88 valence electrons. The van der Waals surface area contributed by atoms with Crippen molar-refractivity contribution in [2.24, 2.45) is 17.1 Å². The smallest absolute Gasteiger partial charge is 0.155 e. The predicted octanol–water partition coefficient (Wildman–Crippen LogP) is 1.33. The molecule has 1 aliphatic heterocycles. The van der Waals surface area contributed by atoms with E-state index in [0.29, 0.717) is 12.3 Å². The third kappa shape index (κ3) is 1.37. The van der Waals surface area contributed by atoms with Crippen molar-refractivity contribution >= 4 is 9.84 Å². The van der Waals surface area contributed by atoms with Crippen LogP contribution in [0.5, 0.6) is 0 Å². The van der Waals surface area contributed by atoms with Crippen molar-refractivity contribution < 1.29 is 8.42 Å². The second kappa shape index (κ2) is 3.20. The van der Waals surface area contributed by atoms with Crippen molar-refractivity contribution in [1.82, 2.24) is 0 Å². The molecule has 1 atom stereocenters. The molecular weight excluding hydrogens is 210 g/mol. The van der Waals surface area contributed by atoms with E-state index in [2.05, 4.69) is 0 Å². The molecule has 0 spiro atoms. The predicted molar refractivity (Wildman–Crippen MR) is 61.3 cm³/mol. The van der Waals surface area contributed by atoms with Crippen molar-refractivity contribution in [2.45, 2.75) is 44.3 Å². The van der Waals surface area contributed by atoms with E-state index in [4.69, 9.17) is 5.73 Å². The number of hydrogen-bond acceptors (Lipinski definition) is 3. The first-order valence-electron chi connectivity index (χ1n) is 5.78. The van der Waals surface area contributed by atoms with Crippen molar-refractivity contribution in [3.05, 3.63) is 0 Å². The molecular formula is C11H21NO2S. The fraction of sp³-hybridized carbons (Fsp3) is 1.00. The summed E-state index contributed by atoms with van der Waals surface area (Å²) in [4.78, 5) is 0. The Hall–Kier alpha value is -0.0900. The molecule has 1 saturated carbocycles. The molecule has 0 bridgehead atoms. The molecule has 15 heavy (non-hydrogen) atoms. The van der Waals surface area contributed by atoms with Gasteiger partial charge in [0.1, 0.15) is 0 Å². The third-order valence-electron chi connectivity index (χ3n) is 4.81. The van der Waals surface area contributed by atoms with Gasteiger partial charge in [-0.1, -0.05) is 6.42 Å². The lowest BCUT2D eigenvalue weighted by molar-refractivity contribution is 0.0426. The van der Waals surface area contributed by atoms with Crippen LogP contribution < -0.4 is 5.73 Å². The lowest BCUT2D eigenvalue weighted by Crippen LogP contribution is -2.51. The first-order valence-corrected chi connectivity index (χ1v) is 7.43. The highest BCUT2D eigenvalue weighted by atomic mass is 32.2. The maximum atomic E-state index is 12.0. The highest BCUT2D eigenvalue weighted by Gasteiger charge is 2.57. The summed E-state index contributed by atoms with van der Waals surface area (Å²) in [5, 5.41) is 0. The van der Waals surface area contributed by atoms with Crippen LogP contribution in [-0.2, 0) is 9.84 Å². The summed E-state index contributed by atoms with van der Waals surface area (Å²) >= 11 is 0. The average molecular weight is 231 g/mol. The van der Waals surface area contributed by atoms with Crippen LogP contribution in [0, 0.1) is 11.3 Å². The van der Waals surface area contributed by atoms with Gasteiger partial charge in [0.25, 0.3) is 0 Å². The molecule has 1 aliphatic carbocycles. The Labute approximate surface area is 92.3 Å². The molecule has 1 unspecified atom stereocenters.